The van der Waals surface area contributed by atoms with Gasteiger partial charge in [-0.25, -0.2) is 9.97 Å². The van der Waals surface area contributed by atoms with Crippen molar-refractivity contribution in [2.75, 3.05) is 0 Å². The maximum atomic E-state index is 10.6. The Hall–Kier alpha value is -3.14. The fourth-order valence-electron chi connectivity index (χ4n) is 3.23. The molecule has 0 saturated heterocycles. The zero-order chi connectivity index (χ0) is 18.1. The third-order valence-electron chi connectivity index (χ3n) is 4.58. The average molecular weight is 343 g/mol. The highest BCUT2D eigenvalue weighted by Gasteiger charge is 2.16. The highest BCUT2D eigenvalue weighted by Crippen LogP contribution is 2.27. The van der Waals surface area contributed by atoms with Crippen LogP contribution in [0, 0.1) is 6.92 Å². The van der Waals surface area contributed by atoms with Crippen LogP contribution in [0.5, 0.6) is 5.88 Å². The van der Waals surface area contributed by atoms with Gasteiger partial charge in [-0.1, -0.05) is 61.0 Å². The number of aryl methyl sites for hydroxylation is 2. The van der Waals surface area contributed by atoms with Gasteiger partial charge in [0.15, 0.2) is 5.65 Å². The lowest BCUT2D eigenvalue weighted by Gasteiger charge is -2.09. The van der Waals surface area contributed by atoms with Crippen LogP contribution in [0.2, 0.25) is 0 Å². The summed E-state index contributed by atoms with van der Waals surface area (Å²) in [5.41, 5.74) is 6.50. The van der Waals surface area contributed by atoms with Crippen molar-refractivity contribution in [3.05, 3.63) is 83.3 Å². The molecule has 0 fully saturated rings. The van der Waals surface area contributed by atoms with Gasteiger partial charge in [0.05, 0.1) is 11.4 Å². The van der Waals surface area contributed by atoms with Crippen LogP contribution in [0.15, 0.2) is 60.8 Å². The van der Waals surface area contributed by atoms with Gasteiger partial charge >= 0.3 is 0 Å². The second-order valence-corrected chi connectivity index (χ2v) is 6.53. The van der Waals surface area contributed by atoms with E-state index in [1.54, 1.807) is 4.40 Å². The van der Waals surface area contributed by atoms with Crippen molar-refractivity contribution in [1.29, 1.82) is 0 Å². The highest BCUT2D eigenvalue weighted by molar-refractivity contribution is 5.63. The second kappa shape index (κ2) is 6.64. The fraction of sp³-hybridized carbons (Fsp3) is 0.182. The van der Waals surface area contributed by atoms with Crippen LogP contribution < -0.4 is 0 Å². The van der Waals surface area contributed by atoms with Crippen LogP contribution in [0.25, 0.3) is 16.9 Å². The molecule has 0 amide bonds. The first-order valence-electron chi connectivity index (χ1n) is 8.86. The lowest BCUT2D eigenvalue weighted by molar-refractivity contribution is 0.441. The third kappa shape index (κ3) is 2.94. The zero-order valence-corrected chi connectivity index (χ0v) is 15.0. The van der Waals surface area contributed by atoms with E-state index in [0.29, 0.717) is 18.5 Å². The number of imidazole rings is 1. The largest absolute Gasteiger partial charge is 0.493 e. The molecule has 0 radical (unpaired) electrons. The van der Waals surface area contributed by atoms with E-state index in [0.717, 1.165) is 22.6 Å². The van der Waals surface area contributed by atoms with E-state index in [4.69, 9.17) is 4.98 Å². The van der Waals surface area contributed by atoms with Gasteiger partial charge in [0.25, 0.3) is 0 Å². The first-order chi connectivity index (χ1) is 12.7. The van der Waals surface area contributed by atoms with E-state index >= 15 is 0 Å². The van der Waals surface area contributed by atoms with Crippen molar-refractivity contribution < 1.29 is 5.11 Å². The molecule has 4 nitrogen and oxygen atoms in total. The lowest BCUT2D eigenvalue weighted by atomic mass is 10.1. The molecule has 2 aromatic carbocycles. The van der Waals surface area contributed by atoms with Crippen molar-refractivity contribution in [3.8, 4) is 17.1 Å². The molecule has 4 heteroatoms. The average Bonchev–Trinajstić information content (AvgIpc) is 2.99. The second-order valence-electron chi connectivity index (χ2n) is 6.53. The predicted molar refractivity (Wildman–Crippen MR) is 103 cm³/mol. The third-order valence-corrected chi connectivity index (χ3v) is 4.58. The SMILES string of the molecule is CCc1nc2c(Cc3ccccc3)nc(-c3cccc(C)c3)cn2c1O. The van der Waals surface area contributed by atoms with Gasteiger partial charge in [-0.2, -0.15) is 0 Å². The Morgan fingerprint density at radius 3 is 2.50 bits per heavy atom. The van der Waals surface area contributed by atoms with Gasteiger partial charge in [-0.05, 0) is 25.0 Å². The number of aromatic hydroxyl groups is 1. The molecule has 130 valence electrons. The summed E-state index contributed by atoms with van der Waals surface area (Å²) in [6.45, 7) is 4.06. The van der Waals surface area contributed by atoms with Crippen LogP contribution in [0.4, 0.5) is 0 Å². The Morgan fingerprint density at radius 1 is 0.962 bits per heavy atom. The van der Waals surface area contributed by atoms with E-state index in [1.165, 1.54) is 11.1 Å². The van der Waals surface area contributed by atoms with E-state index in [1.807, 2.05) is 43.5 Å². The summed E-state index contributed by atoms with van der Waals surface area (Å²) in [5.74, 6) is 0.202. The summed E-state index contributed by atoms with van der Waals surface area (Å²) in [4.78, 5) is 9.53. The molecule has 0 aliphatic rings. The molecule has 0 aliphatic carbocycles. The zero-order valence-electron chi connectivity index (χ0n) is 15.0. The van der Waals surface area contributed by atoms with E-state index in [-0.39, 0.29) is 5.88 Å². The van der Waals surface area contributed by atoms with Gasteiger partial charge in [0, 0.05) is 18.2 Å². The van der Waals surface area contributed by atoms with Crippen LogP contribution in [0.1, 0.15) is 29.4 Å². The Labute approximate surface area is 152 Å². The molecule has 0 bridgehead atoms. The smallest absolute Gasteiger partial charge is 0.219 e. The number of hydrogen-bond donors (Lipinski definition) is 1. The molecular formula is C22H21N3O. The first kappa shape index (κ1) is 16.3. The molecule has 4 aromatic rings. The molecule has 1 N–H and O–H groups in total. The standard InChI is InChI=1S/C22H21N3O/c1-3-18-22(26)25-14-20(17-11-7-8-15(2)12-17)23-19(21(25)24-18)13-16-9-5-4-6-10-16/h4-12,14,26H,3,13H2,1-2H3. The fourth-order valence-corrected chi connectivity index (χ4v) is 3.23. The van der Waals surface area contributed by atoms with E-state index in [9.17, 15) is 5.11 Å². The summed E-state index contributed by atoms with van der Waals surface area (Å²) in [5, 5.41) is 10.6. The van der Waals surface area contributed by atoms with Gasteiger partial charge in [-0.15, -0.1) is 0 Å². The Balaban J connectivity index is 1.92. The summed E-state index contributed by atoms with van der Waals surface area (Å²) in [6, 6.07) is 18.5. The molecule has 0 saturated carbocycles. The van der Waals surface area contributed by atoms with Crippen molar-refractivity contribution in [2.45, 2.75) is 26.7 Å². The van der Waals surface area contributed by atoms with Crippen molar-refractivity contribution in [3.63, 3.8) is 0 Å². The summed E-state index contributed by atoms with van der Waals surface area (Å²) < 4.78 is 1.77. The Morgan fingerprint density at radius 2 is 1.77 bits per heavy atom. The van der Waals surface area contributed by atoms with E-state index < -0.39 is 0 Å². The number of hydrogen-bond acceptors (Lipinski definition) is 3. The van der Waals surface area contributed by atoms with Gasteiger partial charge in [-0.3, -0.25) is 4.40 Å². The molecule has 0 spiro atoms. The summed E-state index contributed by atoms with van der Waals surface area (Å²) in [7, 11) is 0. The topological polar surface area (TPSA) is 50.4 Å². The molecule has 2 heterocycles. The summed E-state index contributed by atoms with van der Waals surface area (Å²) in [6.07, 6.45) is 3.22. The van der Waals surface area contributed by atoms with Crippen LogP contribution in [0.3, 0.4) is 0 Å². The van der Waals surface area contributed by atoms with Crippen molar-refractivity contribution in [1.82, 2.24) is 14.4 Å². The molecule has 0 atom stereocenters. The van der Waals surface area contributed by atoms with Gasteiger partial charge in [0.1, 0.15) is 5.69 Å². The summed E-state index contributed by atoms with van der Waals surface area (Å²) >= 11 is 0. The van der Waals surface area contributed by atoms with Gasteiger partial charge in [0.2, 0.25) is 5.88 Å². The van der Waals surface area contributed by atoms with Crippen LogP contribution >= 0.6 is 0 Å². The quantitative estimate of drug-likeness (QED) is 0.591. The Kier molecular flexibility index (Phi) is 4.17. The maximum Gasteiger partial charge on any atom is 0.219 e. The monoisotopic (exact) mass is 343 g/mol. The molecule has 4 rings (SSSR count). The highest BCUT2D eigenvalue weighted by atomic mass is 16.3. The number of nitrogens with zero attached hydrogens (tertiary/aromatic N) is 3. The molecule has 2 aromatic heterocycles. The normalized spacial score (nSPS) is 11.2. The van der Waals surface area contributed by atoms with Crippen LogP contribution in [-0.2, 0) is 12.8 Å². The first-order valence-corrected chi connectivity index (χ1v) is 8.86. The minimum absolute atomic E-state index is 0.202. The van der Waals surface area contributed by atoms with Crippen molar-refractivity contribution in [2.24, 2.45) is 0 Å². The van der Waals surface area contributed by atoms with Gasteiger partial charge < -0.3 is 5.11 Å². The number of rotatable bonds is 4. The number of fused-ring (bicyclic) bond motifs is 1. The minimum Gasteiger partial charge on any atom is -0.493 e. The number of benzene rings is 2. The Bertz CT molecular complexity index is 1070. The number of aromatic nitrogens is 3. The molecular weight excluding hydrogens is 322 g/mol. The minimum atomic E-state index is 0.202. The van der Waals surface area contributed by atoms with Crippen LogP contribution in [-0.4, -0.2) is 19.5 Å². The maximum absolute atomic E-state index is 10.6. The molecule has 26 heavy (non-hydrogen) atoms. The molecule has 0 aliphatic heterocycles. The molecule has 0 unspecified atom stereocenters. The van der Waals surface area contributed by atoms with Crippen molar-refractivity contribution >= 4 is 5.65 Å². The lowest BCUT2D eigenvalue weighted by Crippen LogP contribution is -2.01. The van der Waals surface area contributed by atoms with E-state index in [2.05, 4.69) is 36.2 Å². The predicted octanol–water partition coefficient (Wildman–Crippen LogP) is 4.56.